The first kappa shape index (κ1) is 37.5. The predicted molar refractivity (Wildman–Crippen MR) is 87.8 cm³/mol. The molecular formula is C15H15F13NNaO5S. The molecule has 2 atom stereocenters. The van der Waals surface area contributed by atoms with Crippen LogP contribution in [0.2, 0.25) is 0 Å². The molecule has 0 radical (unpaired) electrons. The Balaban J connectivity index is 0. The zero-order chi connectivity index (χ0) is 28.3. The number of nitrogens with one attached hydrogen (secondary N) is 1. The molecule has 0 bridgehead atoms. The van der Waals surface area contributed by atoms with E-state index in [0.717, 1.165) is 0 Å². The van der Waals surface area contributed by atoms with Gasteiger partial charge in [0.05, 0.1) is 24.5 Å². The number of hydrogen-bond acceptors (Lipinski definition) is 6. The van der Waals surface area contributed by atoms with E-state index in [-0.39, 0.29) is 41.3 Å². The molecule has 0 aliphatic carbocycles. The molecule has 6 nitrogen and oxygen atoms in total. The maximum absolute atomic E-state index is 13.6. The van der Waals surface area contributed by atoms with Gasteiger partial charge in [-0.1, -0.05) is 0 Å². The van der Waals surface area contributed by atoms with Crippen molar-refractivity contribution in [2.24, 2.45) is 0 Å². The van der Waals surface area contributed by atoms with Gasteiger partial charge in [-0.15, -0.1) is 0 Å². The quantitative estimate of drug-likeness (QED) is 0.133. The number of aliphatic hydroxyl groups is 1. The van der Waals surface area contributed by atoms with Crippen molar-refractivity contribution in [2.75, 3.05) is 18.1 Å². The standard InChI is InChI=1S/C15H16F13NO5S.Na/c16-10(17,1-2-35-5-6(30)4-29-7(9(33)34)3-8(31)32)11(18,19)12(20,21)13(22,23)14(24,25)15(26,27)28;/h6-7,29-30H,1-5H2,(H,31,32)(H,33,34);/q;+1/p-1/t6?,7-;/m0./s1. The van der Waals surface area contributed by atoms with E-state index in [1.807, 2.05) is 5.32 Å². The van der Waals surface area contributed by atoms with Gasteiger partial charge in [-0.05, 0) is 5.75 Å². The number of rotatable bonds is 15. The number of carboxylic acids is 2. The first-order chi connectivity index (χ1) is 15.4. The molecule has 0 aliphatic rings. The summed E-state index contributed by atoms with van der Waals surface area (Å²) in [5.41, 5.74) is 0. The molecule has 208 valence electrons. The largest absolute Gasteiger partial charge is 1.00 e. The van der Waals surface area contributed by atoms with Crippen LogP contribution in [0.5, 0.6) is 0 Å². The third kappa shape index (κ3) is 8.15. The minimum Gasteiger partial charge on any atom is -0.548 e. The van der Waals surface area contributed by atoms with E-state index in [0.29, 0.717) is 0 Å². The Morgan fingerprint density at radius 1 is 0.833 bits per heavy atom. The van der Waals surface area contributed by atoms with Crippen LogP contribution in [0.25, 0.3) is 0 Å². The number of aliphatic carboxylic acids is 2. The Morgan fingerprint density at radius 3 is 1.67 bits per heavy atom. The second-order valence-electron chi connectivity index (χ2n) is 6.86. The molecule has 21 heteroatoms. The molecule has 0 spiro atoms. The second-order valence-corrected chi connectivity index (χ2v) is 8.01. The number of hydrogen-bond donors (Lipinski definition) is 3. The summed E-state index contributed by atoms with van der Waals surface area (Å²) < 4.78 is 169. The predicted octanol–water partition coefficient (Wildman–Crippen LogP) is -0.604. The SMILES string of the molecule is O=C(O)C[C@H](NCC(O)CSCCC(F)(F)C(F)(F)C(F)(F)C(F)(F)C(F)(F)C(F)(F)F)C(=O)[O-].[Na+]. The monoisotopic (exact) mass is 591 g/mol. The van der Waals surface area contributed by atoms with E-state index in [1.165, 1.54) is 0 Å². The molecule has 0 aromatic rings. The van der Waals surface area contributed by atoms with Crippen molar-refractivity contribution in [3.63, 3.8) is 0 Å². The van der Waals surface area contributed by atoms with Crippen LogP contribution in [-0.4, -0.2) is 88.1 Å². The number of thioether (sulfide) groups is 1. The van der Waals surface area contributed by atoms with Crippen molar-refractivity contribution in [2.45, 2.75) is 60.8 Å². The molecule has 0 aromatic carbocycles. The zero-order valence-corrected chi connectivity index (χ0v) is 20.4. The van der Waals surface area contributed by atoms with Gasteiger partial charge in [-0.3, -0.25) is 4.79 Å². The average Bonchev–Trinajstić information content (AvgIpc) is 2.66. The third-order valence-corrected chi connectivity index (χ3v) is 5.25. The van der Waals surface area contributed by atoms with Crippen LogP contribution in [0.3, 0.4) is 0 Å². The first-order valence-electron chi connectivity index (χ1n) is 8.74. The van der Waals surface area contributed by atoms with Gasteiger partial charge in [0.15, 0.2) is 0 Å². The fourth-order valence-electron chi connectivity index (χ4n) is 2.13. The molecule has 36 heavy (non-hydrogen) atoms. The van der Waals surface area contributed by atoms with Crippen molar-refractivity contribution >= 4 is 23.7 Å². The van der Waals surface area contributed by atoms with Crippen LogP contribution < -0.4 is 40.0 Å². The summed E-state index contributed by atoms with van der Waals surface area (Å²) in [6, 6.07) is -1.83. The molecule has 0 aromatic heterocycles. The fourth-order valence-corrected chi connectivity index (χ4v) is 3.09. The van der Waals surface area contributed by atoms with Crippen LogP contribution in [0.4, 0.5) is 57.1 Å². The maximum Gasteiger partial charge on any atom is 1.00 e. The Bertz CT molecular complexity index is 754. The number of halogens is 13. The van der Waals surface area contributed by atoms with E-state index in [1.54, 1.807) is 0 Å². The van der Waals surface area contributed by atoms with Gasteiger partial charge < -0.3 is 25.4 Å². The number of aliphatic hydroxyl groups excluding tert-OH is 1. The number of carboxylic acid groups (broad SMARTS) is 2. The maximum atomic E-state index is 13.6. The summed E-state index contributed by atoms with van der Waals surface area (Å²) in [5, 5.41) is 30.6. The summed E-state index contributed by atoms with van der Waals surface area (Å²) in [6.07, 6.45) is -12.7. The van der Waals surface area contributed by atoms with Gasteiger partial charge in [-0.2, -0.15) is 68.8 Å². The van der Waals surface area contributed by atoms with Gasteiger partial charge in [0.25, 0.3) is 0 Å². The van der Waals surface area contributed by atoms with E-state index in [2.05, 4.69) is 0 Å². The molecular weight excluding hydrogens is 576 g/mol. The Labute approximate surface area is 219 Å². The zero-order valence-electron chi connectivity index (χ0n) is 17.6. The van der Waals surface area contributed by atoms with Crippen LogP contribution in [0, 0.1) is 0 Å². The smallest absolute Gasteiger partial charge is 0.548 e. The molecule has 0 fully saturated rings. The van der Waals surface area contributed by atoms with Crippen molar-refractivity contribution in [3.8, 4) is 0 Å². The molecule has 0 amide bonds. The van der Waals surface area contributed by atoms with E-state index >= 15 is 0 Å². The van der Waals surface area contributed by atoms with E-state index < -0.39 is 90.8 Å². The number of carbonyl (C=O) groups excluding carboxylic acids is 1. The summed E-state index contributed by atoms with van der Waals surface area (Å²) in [5.74, 6) is -42.9. The van der Waals surface area contributed by atoms with Gasteiger partial charge >= 0.3 is 71.3 Å². The van der Waals surface area contributed by atoms with Crippen molar-refractivity contribution in [1.29, 1.82) is 0 Å². The Kier molecular flexibility index (Phi) is 13.4. The van der Waals surface area contributed by atoms with Crippen LogP contribution >= 0.6 is 11.8 Å². The van der Waals surface area contributed by atoms with Crippen molar-refractivity contribution in [3.05, 3.63) is 0 Å². The van der Waals surface area contributed by atoms with Crippen LogP contribution in [0.15, 0.2) is 0 Å². The summed E-state index contributed by atoms with van der Waals surface area (Å²) >= 11 is 0.0630. The van der Waals surface area contributed by atoms with E-state index in [9.17, 15) is 76.9 Å². The third-order valence-electron chi connectivity index (χ3n) is 4.13. The van der Waals surface area contributed by atoms with Gasteiger partial charge in [0, 0.05) is 18.7 Å². The summed E-state index contributed by atoms with van der Waals surface area (Å²) in [6.45, 7) is -0.734. The number of carbonyl (C=O) groups is 2. The topological polar surface area (TPSA) is 110 Å². The first-order valence-corrected chi connectivity index (χ1v) is 9.90. The Hall–Kier alpha value is -0.700. The van der Waals surface area contributed by atoms with Gasteiger partial charge in [0.1, 0.15) is 0 Å². The minimum atomic E-state index is -7.98. The molecule has 0 saturated heterocycles. The Morgan fingerprint density at radius 2 is 1.28 bits per heavy atom. The number of alkyl halides is 13. The van der Waals surface area contributed by atoms with E-state index in [4.69, 9.17) is 5.11 Å². The van der Waals surface area contributed by atoms with Gasteiger partial charge in [0.2, 0.25) is 0 Å². The molecule has 0 rings (SSSR count). The van der Waals surface area contributed by atoms with Crippen LogP contribution in [0.1, 0.15) is 12.8 Å². The minimum absolute atomic E-state index is 0. The molecule has 0 aliphatic heterocycles. The molecule has 1 unspecified atom stereocenters. The molecule has 0 saturated carbocycles. The summed E-state index contributed by atoms with van der Waals surface area (Å²) in [4.78, 5) is 21.1. The van der Waals surface area contributed by atoms with Crippen molar-refractivity contribution < 1.29 is 112 Å². The molecule has 0 heterocycles. The second kappa shape index (κ2) is 12.9. The summed E-state index contributed by atoms with van der Waals surface area (Å²) in [7, 11) is 0. The van der Waals surface area contributed by atoms with Crippen LogP contribution in [-0.2, 0) is 9.59 Å². The normalized spacial score (nSPS) is 15.7. The van der Waals surface area contributed by atoms with Gasteiger partial charge in [-0.25, -0.2) is 0 Å². The average molecular weight is 591 g/mol. The fraction of sp³-hybridized carbons (Fsp3) is 0.867. The van der Waals surface area contributed by atoms with Crippen molar-refractivity contribution in [1.82, 2.24) is 5.32 Å². The molecule has 3 N–H and O–H groups in total.